The third-order valence-corrected chi connectivity index (χ3v) is 2.10. The molecule has 0 saturated heterocycles. The number of methoxy groups -OCH3 is 1. The second-order valence-electron chi connectivity index (χ2n) is 3.52. The Labute approximate surface area is 83.7 Å². The summed E-state index contributed by atoms with van der Waals surface area (Å²) in [4.78, 5) is 0. The molecule has 0 aliphatic rings. The molecule has 0 radical (unpaired) electrons. The van der Waals surface area contributed by atoms with Crippen LogP contribution in [-0.4, -0.2) is 39.4 Å². The molecular weight excluding hydrogens is 182 g/mol. The number of aromatic nitrogens is 3. The monoisotopic (exact) mass is 199 g/mol. The van der Waals surface area contributed by atoms with Gasteiger partial charge in [0.2, 0.25) is 0 Å². The summed E-state index contributed by atoms with van der Waals surface area (Å²) in [6.07, 6.45) is 2.61. The van der Waals surface area contributed by atoms with Gasteiger partial charge in [-0.2, -0.15) is 0 Å². The normalized spacial score (nSPS) is 15.4. The lowest BCUT2D eigenvalue weighted by molar-refractivity contribution is 0.0562. The molecule has 0 fully saturated rings. The first-order chi connectivity index (χ1) is 6.61. The highest BCUT2D eigenvalue weighted by atomic mass is 16.5. The quantitative estimate of drug-likeness (QED) is 0.733. The predicted molar refractivity (Wildman–Crippen MR) is 51.8 cm³/mol. The summed E-state index contributed by atoms with van der Waals surface area (Å²) in [6.45, 7) is 1.93. The smallest absolute Gasteiger partial charge is 0.0852 e. The van der Waals surface area contributed by atoms with Crippen LogP contribution in [0, 0.1) is 0 Å². The molecule has 2 atom stereocenters. The molecule has 80 valence electrons. The van der Waals surface area contributed by atoms with Gasteiger partial charge in [0.15, 0.2) is 0 Å². The SMILES string of the molecule is COC(C)CC(O)Cc1cn(C)nn1. The summed E-state index contributed by atoms with van der Waals surface area (Å²) in [5.74, 6) is 0. The van der Waals surface area contributed by atoms with Crippen LogP contribution in [0.2, 0.25) is 0 Å². The third kappa shape index (κ3) is 3.43. The van der Waals surface area contributed by atoms with E-state index in [0.717, 1.165) is 5.69 Å². The fourth-order valence-corrected chi connectivity index (χ4v) is 1.29. The van der Waals surface area contributed by atoms with Crippen molar-refractivity contribution in [3.05, 3.63) is 11.9 Å². The third-order valence-electron chi connectivity index (χ3n) is 2.10. The van der Waals surface area contributed by atoms with Gasteiger partial charge in [0.05, 0.1) is 17.9 Å². The maximum absolute atomic E-state index is 9.66. The molecule has 1 rings (SSSR count). The number of ether oxygens (including phenoxy) is 1. The zero-order valence-corrected chi connectivity index (χ0v) is 8.84. The number of aliphatic hydroxyl groups is 1. The van der Waals surface area contributed by atoms with Gasteiger partial charge in [-0.25, -0.2) is 0 Å². The lowest BCUT2D eigenvalue weighted by atomic mass is 10.1. The number of hydrogen-bond acceptors (Lipinski definition) is 4. The summed E-state index contributed by atoms with van der Waals surface area (Å²) in [5, 5.41) is 17.4. The first kappa shape index (κ1) is 11.1. The molecule has 0 aromatic carbocycles. The summed E-state index contributed by atoms with van der Waals surface area (Å²) in [7, 11) is 3.44. The van der Waals surface area contributed by atoms with Crippen molar-refractivity contribution in [2.75, 3.05) is 7.11 Å². The molecule has 1 aromatic rings. The molecule has 1 heterocycles. The van der Waals surface area contributed by atoms with E-state index in [1.807, 2.05) is 6.92 Å². The van der Waals surface area contributed by atoms with Gasteiger partial charge in [0.1, 0.15) is 0 Å². The Kier molecular flexibility index (Phi) is 4.03. The zero-order valence-electron chi connectivity index (χ0n) is 8.84. The average Bonchev–Trinajstić information content (AvgIpc) is 2.50. The van der Waals surface area contributed by atoms with Crippen LogP contribution < -0.4 is 0 Å². The Bertz CT molecular complexity index is 275. The second-order valence-corrected chi connectivity index (χ2v) is 3.52. The maximum Gasteiger partial charge on any atom is 0.0852 e. The molecule has 5 heteroatoms. The molecule has 0 aliphatic carbocycles. The van der Waals surface area contributed by atoms with Crippen molar-refractivity contribution in [1.29, 1.82) is 0 Å². The van der Waals surface area contributed by atoms with E-state index in [0.29, 0.717) is 12.8 Å². The van der Waals surface area contributed by atoms with Crippen molar-refractivity contribution in [1.82, 2.24) is 15.0 Å². The van der Waals surface area contributed by atoms with Crippen molar-refractivity contribution in [2.45, 2.75) is 32.0 Å². The van der Waals surface area contributed by atoms with Gasteiger partial charge in [-0.05, 0) is 13.3 Å². The first-order valence-electron chi connectivity index (χ1n) is 4.68. The number of hydrogen-bond donors (Lipinski definition) is 1. The van der Waals surface area contributed by atoms with E-state index < -0.39 is 6.10 Å². The van der Waals surface area contributed by atoms with Crippen molar-refractivity contribution in [2.24, 2.45) is 7.05 Å². The van der Waals surface area contributed by atoms with E-state index in [2.05, 4.69) is 10.3 Å². The molecule has 0 amide bonds. The highest BCUT2D eigenvalue weighted by molar-refractivity contribution is 4.94. The second kappa shape index (κ2) is 5.07. The Hall–Kier alpha value is -0.940. The Balaban J connectivity index is 2.37. The van der Waals surface area contributed by atoms with Gasteiger partial charge >= 0.3 is 0 Å². The highest BCUT2D eigenvalue weighted by Crippen LogP contribution is 2.06. The van der Waals surface area contributed by atoms with Gasteiger partial charge in [0.25, 0.3) is 0 Å². The summed E-state index contributed by atoms with van der Waals surface area (Å²) in [6, 6.07) is 0. The van der Waals surface area contributed by atoms with E-state index in [-0.39, 0.29) is 6.10 Å². The molecule has 2 unspecified atom stereocenters. The van der Waals surface area contributed by atoms with Crippen LogP contribution in [0.5, 0.6) is 0 Å². The number of nitrogens with zero attached hydrogens (tertiary/aromatic N) is 3. The van der Waals surface area contributed by atoms with Crippen LogP contribution >= 0.6 is 0 Å². The number of rotatable bonds is 5. The molecular formula is C9H17N3O2. The summed E-state index contributed by atoms with van der Waals surface area (Å²) in [5.41, 5.74) is 0.809. The van der Waals surface area contributed by atoms with Crippen molar-refractivity contribution < 1.29 is 9.84 Å². The molecule has 0 saturated carbocycles. The van der Waals surface area contributed by atoms with Crippen LogP contribution in [-0.2, 0) is 18.2 Å². The number of aliphatic hydroxyl groups excluding tert-OH is 1. The van der Waals surface area contributed by atoms with Crippen LogP contribution in [0.25, 0.3) is 0 Å². The molecule has 1 N–H and O–H groups in total. The standard InChI is InChI=1S/C9H17N3O2/c1-7(14-3)4-9(13)5-8-6-12(2)11-10-8/h6-7,9,13H,4-5H2,1-3H3. The molecule has 14 heavy (non-hydrogen) atoms. The largest absolute Gasteiger partial charge is 0.393 e. The van der Waals surface area contributed by atoms with Crippen molar-refractivity contribution >= 4 is 0 Å². The van der Waals surface area contributed by atoms with Crippen LogP contribution in [0.4, 0.5) is 0 Å². The van der Waals surface area contributed by atoms with E-state index in [1.54, 1.807) is 25.0 Å². The molecule has 5 nitrogen and oxygen atoms in total. The van der Waals surface area contributed by atoms with Crippen molar-refractivity contribution in [3.63, 3.8) is 0 Å². The van der Waals surface area contributed by atoms with Gasteiger partial charge in [0, 0.05) is 26.8 Å². The highest BCUT2D eigenvalue weighted by Gasteiger charge is 2.12. The average molecular weight is 199 g/mol. The maximum atomic E-state index is 9.66. The minimum Gasteiger partial charge on any atom is -0.393 e. The molecule has 0 aliphatic heterocycles. The minimum atomic E-state index is -0.415. The van der Waals surface area contributed by atoms with Crippen LogP contribution in [0.1, 0.15) is 19.0 Å². The first-order valence-corrected chi connectivity index (χ1v) is 4.68. The van der Waals surface area contributed by atoms with Gasteiger partial charge in [-0.1, -0.05) is 5.21 Å². The Morgan fingerprint density at radius 1 is 1.64 bits per heavy atom. The lowest BCUT2D eigenvalue weighted by Crippen LogP contribution is -2.19. The number of aryl methyl sites for hydroxylation is 1. The van der Waals surface area contributed by atoms with Crippen LogP contribution in [0.3, 0.4) is 0 Å². The summed E-state index contributed by atoms with van der Waals surface area (Å²) < 4.78 is 6.69. The Morgan fingerprint density at radius 3 is 2.86 bits per heavy atom. The van der Waals surface area contributed by atoms with Gasteiger partial charge in [-0.3, -0.25) is 4.68 Å². The topological polar surface area (TPSA) is 60.2 Å². The fraction of sp³-hybridized carbons (Fsp3) is 0.778. The minimum absolute atomic E-state index is 0.0710. The van der Waals surface area contributed by atoms with Crippen molar-refractivity contribution in [3.8, 4) is 0 Å². The van der Waals surface area contributed by atoms with Gasteiger partial charge in [-0.15, -0.1) is 5.10 Å². The van der Waals surface area contributed by atoms with E-state index in [4.69, 9.17) is 4.74 Å². The van der Waals surface area contributed by atoms with Crippen LogP contribution in [0.15, 0.2) is 6.20 Å². The van der Waals surface area contributed by atoms with E-state index in [1.165, 1.54) is 0 Å². The Morgan fingerprint density at radius 2 is 2.36 bits per heavy atom. The van der Waals surface area contributed by atoms with E-state index >= 15 is 0 Å². The fourth-order valence-electron chi connectivity index (χ4n) is 1.29. The molecule has 0 bridgehead atoms. The molecule has 0 spiro atoms. The zero-order chi connectivity index (χ0) is 10.6. The molecule has 1 aromatic heterocycles. The predicted octanol–water partition coefficient (Wildman–Crippen LogP) is 0.143. The van der Waals surface area contributed by atoms with Gasteiger partial charge < -0.3 is 9.84 Å². The summed E-state index contributed by atoms with van der Waals surface area (Å²) >= 11 is 0. The lowest BCUT2D eigenvalue weighted by Gasteiger charge is -2.13. The van der Waals surface area contributed by atoms with E-state index in [9.17, 15) is 5.11 Å².